The lowest BCUT2D eigenvalue weighted by Gasteiger charge is -2.14. The summed E-state index contributed by atoms with van der Waals surface area (Å²) in [5.74, 6) is 0.574. The van der Waals surface area contributed by atoms with E-state index in [4.69, 9.17) is 9.47 Å². The molecule has 0 aliphatic heterocycles. The highest BCUT2D eigenvalue weighted by molar-refractivity contribution is 6.12. The molecule has 4 aromatic carbocycles. The number of nitrogens with one attached hydrogen (secondary N) is 1. The van der Waals surface area contributed by atoms with Crippen LogP contribution in [-0.2, 0) is 18.0 Å². The van der Waals surface area contributed by atoms with Gasteiger partial charge in [0.05, 0.1) is 11.2 Å². The van der Waals surface area contributed by atoms with Gasteiger partial charge in [-0.05, 0) is 59.2 Å². The van der Waals surface area contributed by atoms with Crippen LogP contribution in [0.5, 0.6) is 11.5 Å². The molecule has 0 saturated heterocycles. The van der Waals surface area contributed by atoms with E-state index in [1.54, 1.807) is 36.5 Å². The van der Waals surface area contributed by atoms with E-state index in [9.17, 15) is 10.1 Å². The number of carbonyl (C=O) groups is 1. The van der Waals surface area contributed by atoms with E-state index in [-0.39, 0.29) is 5.57 Å². The third-order valence-corrected chi connectivity index (χ3v) is 6.01. The second-order valence-electron chi connectivity index (χ2n) is 8.75. The first-order chi connectivity index (χ1) is 19.2. The average Bonchev–Trinajstić information content (AvgIpc) is 2.99. The number of rotatable bonds is 9. The van der Waals surface area contributed by atoms with Crippen LogP contribution in [0.4, 0.5) is 5.69 Å². The Hall–Kier alpha value is -5.41. The van der Waals surface area contributed by atoms with Crippen molar-refractivity contribution in [1.29, 1.82) is 5.26 Å². The minimum Gasteiger partial charge on any atom is -0.485 e. The van der Waals surface area contributed by atoms with Crippen LogP contribution in [0.3, 0.4) is 0 Å². The van der Waals surface area contributed by atoms with Gasteiger partial charge in [-0.2, -0.15) is 5.26 Å². The lowest BCUT2D eigenvalue weighted by atomic mass is 10.1. The summed E-state index contributed by atoms with van der Waals surface area (Å²) in [4.78, 5) is 17.4. The second-order valence-corrected chi connectivity index (χ2v) is 8.75. The lowest BCUT2D eigenvalue weighted by molar-refractivity contribution is -0.112. The molecule has 1 aromatic heterocycles. The van der Waals surface area contributed by atoms with Gasteiger partial charge >= 0.3 is 0 Å². The van der Waals surface area contributed by atoms with E-state index in [2.05, 4.69) is 10.3 Å². The Morgan fingerprint density at radius 2 is 1.49 bits per heavy atom. The van der Waals surface area contributed by atoms with Crippen molar-refractivity contribution in [3.05, 3.63) is 138 Å². The zero-order chi connectivity index (χ0) is 26.9. The summed E-state index contributed by atoms with van der Waals surface area (Å²) in [6.07, 6.45) is 3.23. The van der Waals surface area contributed by atoms with Crippen LogP contribution < -0.4 is 14.8 Å². The summed E-state index contributed by atoms with van der Waals surface area (Å²) in [7, 11) is 0. The maximum atomic E-state index is 13.0. The predicted molar refractivity (Wildman–Crippen MR) is 152 cm³/mol. The van der Waals surface area contributed by atoms with Crippen molar-refractivity contribution in [2.75, 3.05) is 5.32 Å². The van der Waals surface area contributed by atoms with Crippen LogP contribution in [0.15, 0.2) is 121 Å². The maximum Gasteiger partial charge on any atom is 0.266 e. The van der Waals surface area contributed by atoms with Crippen LogP contribution in [0.25, 0.3) is 17.0 Å². The van der Waals surface area contributed by atoms with Crippen molar-refractivity contribution in [3.63, 3.8) is 0 Å². The molecule has 0 spiro atoms. The van der Waals surface area contributed by atoms with Crippen molar-refractivity contribution < 1.29 is 14.3 Å². The highest BCUT2D eigenvalue weighted by Crippen LogP contribution is 2.31. The fourth-order valence-electron chi connectivity index (χ4n) is 4.03. The summed E-state index contributed by atoms with van der Waals surface area (Å²) >= 11 is 0. The Labute approximate surface area is 226 Å². The van der Waals surface area contributed by atoms with Crippen LogP contribution >= 0.6 is 0 Å². The van der Waals surface area contributed by atoms with E-state index >= 15 is 0 Å². The minimum atomic E-state index is -0.509. The number of anilines is 1. The number of aromatic nitrogens is 1. The second kappa shape index (κ2) is 12.2. The number of fused-ring (bicyclic) bond motifs is 1. The molecule has 39 heavy (non-hydrogen) atoms. The van der Waals surface area contributed by atoms with Gasteiger partial charge in [0.1, 0.15) is 24.9 Å². The van der Waals surface area contributed by atoms with Crippen LogP contribution in [0.2, 0.25) is 0 Å². The molecule has 190 valence electrons. The van der Waals surface area contributed by atoms with Crippen molar-refractivity contribution in [3.8, 4) is 17.6 Å². The third-order valence-electron chi connectivity index (χ3n) is 6.01. The SMILES string of the molecule is N#C/C(=C\c1ccc(OCc2ccccc2)c(OCc2ccccc2)c1)C(=O)Nc1cccc2ncccc12. The topological polar surface area (TPSA) is 84.2 Å². The molecular weight excluding hydrogens is 486 g/mol. The molecule has 0 aliphatic rings. The molecule has 0 radical (unpaired) electrons. The highest BCUT2D eigenvalue weighted by atomic mass is 16.5. The van der Waals surface area contributed by atoms with E-state index in [1.165, 1.54) is 6.08 Å². The van der Waals surface area contributed by atoms with E-state index in [0.717, 1.165) is 22.0 Å². The van der Waals surface area contributed by atoms with Gasteiger partial charge in [0.2, 0.25) is 0 Å². The van der Waals surface area contributed by atoms with Gasteiger partial charge < -0.3 is 14.8 Å². The fraction of sp³-hybridized carbons (Fsp3) is 0.0606. The minimum absolute atomic E-state index is 0.0390. The number of nitrogens with zero attached hydrogens (tertiary/aromatic N) is 2. The normalized spacial score (nSPS) is 11.0. The number of carbonyl (C=O) groups excluding carboxylic acids is 1. The van der Waals surface area contributed by atoms with E-state index in [1.807, 2.05) is 84.9 Å². The molecule has 1 amide bonds. The van der Waals surface area contributed by atoms with Crippen molar-refractivity contribution in [2.45, 2.75) is 13.2 Å². The molecule has 5 rings (SSSR count). The molecule has 0 aliphatic carbocycles. The summed E-state index contributed by atoms with van der Waals surface area (Å²) in [6.45, 7) is 0.722. The summed E-state index contributed by atoms with van der Waals surface area (Å²) in [5.41, 5.74) is 3.98. The van der Waals surface area contributed by atoms with Gasteiger partial charge in [-0.25, -0.2) is 0 Å². The first-order valence-corrected chi connectivity index (χ1v) is 12.4. The highest BCUT2D eigenvalue weighted by Gasteiger charge is 2.13. The molecule has 0 unspecified atom stereocenters. The Balaban J connectivity index is 1.39. The molecule has 0 bridgehead atoms. The van der Waals surface area contributed by atoms with Gasteiger partial charge in [-0.15, -0.1) is 0 Å². The lowest BCUT2D eigenvalue weighted by Crippen LogP contribution is -2.13. The van der Waals surface area contributed by atoms with E-state index in [0.29, 0.717) is 36.0 Å². The van der Waals surface area contributed by atoms with Gasteiger partial charge in [0.15, 0.2) is 11.5 Å². The van der Waals surface area contributed by atoms with Crippen molar-refractivity contribution in [2.24, 2.45) is 0 Å². The number of hydrogen-bond acceptors (Lipinski definition) is 5. The van der Waals surface area contributed by atoms with Crippen molar-refractivity contribution >= 4 is 28.6 Å². The number of benzene rings is 4. The predicted octanol–water partition coefficient (Wildman–Crippen LogP) is 6.94. The number of pyridine rings is 1. The first kappa shape index (κ1) is 25.2. The molecule has 1 N–H and O–H groups in total. The Bertz CT molecular complexity index is 1650. The maximum absolute atomic E-state index is 13.0. The van der Waals surface area contributed by atoms with Crippen LogP contribution in [-0.4, -0.2) is 10.9 Å². The number of amides is 1. The number of nitriles is 1. The number of ether oxygens (including phenoxy) is 2. The molecule has 6 heteroatoms. The summed E-state index contributed by atoms with van der Waals surface area (Å²) in [5, 5.41) is 13.4. The molecule has 5 aromatic rings. The van der Waals surface area contributed by atoms with Gasteiger partial charge in [-0.1, -0.05) is 72.8 Å². The molecule has 1 heterocycles. The quantitative estimate of drug-likeness (QED) is 0.171. The van der Waals surface area contributed by atoms with Gasteiger partial charge in [0.25, 0.3) is 5.91 Å². The monoisotopic (exact) mass is 511 g/mol. The molecular formula is C33H25N3O3. The van der Waals surface area contributed by atoms with Crippen molar-refractivity contribution in [1.82, 2.24) is 4.98 Å². The number of hydrogen-bond donors (Lipinski definition) is 1. The van der Waals surface area contributed by atoms with Crippen LogP contribution in [0.1, 0.15) is 16.7 Å². The molecule has 6 nitrogen and oxygen atoms in total. The first-order valence-electron chi connectivity index (χ1n) is 12.4. The largest absolute Gasteiger partial charge is 0.485 e. The fourth-order valence-corrected chi connectivity index (χ4v) is 4.03. The zero-order valence-electron chi connectivity index (χ0n) is 21.1. The standard InChI is InChI=1S/C33H25N3O3/c34-21-27(33(37)36-30-15-7-14-29-28(30)13-8-18-35-29)19-26-16-17-31(38-22-24-9-3-1-4-10-24)32(20-26)39-23-25-11-5-2-6-12-25/h1-20H,22-23H2,(H,36,37)/b27-19+. The summed E-state index contributed by atoms with van der Waals surface area (Å²) in [6, 6.07) is 36.2. The third kappa shape index (κ3) is 6.48. The zero-order valence-corrected chi connectivity index (χ0v) is 21.1. The molecule has 0 atom stereocenters. The Morgan fingerprint density at radius 3 is 2.18 bits per heavy atom. The Kier molecular flexibility index (Phi) is 7.91. The van der Waals surface area contributed by atoms with Crippen LogP contribution in [0, 0.1) is 11.3 Å². The van der Waals surface area contributed by atoms with Gasteiger partial charge in [0, 0.05) is 11.6 Å². The summed E-state index contributed by atoms with van der Waals surface area (Å²) < 4.78 is 12.2. The smallest absolute Gasteiger partial charge is 0.266 e. The molecule has 0 fully saturated rings. The Morgan fingerprint density at radius 1 is 0.795 bits per heavy atom. The molecule has 0 saturated carbocycles. The van der Waals surface area contributed by atoms with Gasteiger partial charge in [-0.3, -0.25) is 9.78 Å². The average molecular weight is 512 g/mol. The van der Waals surface area contributed by atoms with E-state index < -0.39 is 5.91 Å².